The minimum atomic E-state index is -0.633. The zero-order chi connectivity index (χ0) is 19.5. The molecule has 9 heteroatoms. The van der Waals surface area contributed by atoms with Gasteiger partial charge in [-0.1, -0.05) is 28.7 Å². The lowest BCUT2D eigenvalue weighted by Crippen LogP contribution is -2.62. The Kier molecular flexibility index (Phi) is 4.03. The highest BCUT2D eigenvalue weighted by Crippen LogP contribution is 2.24. The van der Waals surface area contributed by atoms with Crippen LogP contribution < -0.4 is 0 Å². The Bertz CT molecular complexity index is 934. The van der Waals surface area contributed by atoms with Crippen molar-refractivity contribution >= 4 is 41.0 Å². The van der Waals surface area contributed by atoms with Crippen LogP contribution in [0.2, 0.25) is 5.02 Å². The second kappa shape index (κ2) is 6.16. The van der Waals surface area contributed by atoms with Gasteiger partial charge in [-0.2, -0.15) is 0 Å². The number of hydrazone groups is 1. The van der Waals surface area contributed by atoms with Crippen molar-refractivity contribution in [3.8, 4) is 0 Å². The van der Waals surface area contributed by atoms with Gasteiger partial charge in [-0.25, -0.2) is 9.37 Å². The fourth-order valence-electron chi connectivity index (χ4n) is 3.44. The van der Waals surface area contributed by atoms with Gasteiger partial charge in [0.15, 0.2) is 0 Å². The summed E-state index contributed by atoms with van der Waals surface area (Å²) in [5.41, 5.74) is 1.74. The van der Waals surface area contributed by atoms with Gasteiger partial charge in [0.2, 0.25) is 11.9 Å². The average molecular weight is 388 g/mol. The number of hydrogen-bond donors (Lipinski definition) is 0. The van der Waals surface area contributed by atoms with Crippen LogP contribution in [0.25, 0.3) is 0 Å². The summed E-state index contributed by atoms with van der Waals surface area (Å²) in [5.74, 6) is 0.746. The molecule has 0 saturated carbocycles. The second-order valence-electron chi connectivity index (χ2n) is 7.03. The molecule has 27 heavy (non-hydrogen) atoms. The maximum absolute atomic E-state index is 12.8. The summed E-state index contributed by atoms with van der Waals surface area (Å²) in [4.78, 5) is 32.3. The molecule has 1 aromatic carbocycles. The van der Waals surface area contributed by atoms with Gasteiger partial charge in [-0.3, -0.25) is 14.6 Å². The number of fused-ring (bicyclic) bond motifs is 2. The number of guanidine groups is 1. The number of likely N-dealkylation sites (N-methyl/N-ethyl adjacent to an activating group) is 2. The Morgan fingerprint density at radius 2 is 1.81 bits per heavy atom. The predicted octanol–water partition coefficient (Wildman–Crippen LogP) is 1.44. The summed E-state index contributed by atoms with van der Waals surface area (Å²) >= 11 is 6.00. The van der Waals surface area contributed by atoms with Crippen LogP contribution in [0.15, 0.2) is 34.4 Å². The largest absolute Gasteiger partial charge is 0.417 e. The number of hydrogen-bond acceptors (Lipinski definition) is 5. The topological polar surface area (TPSA) is 71.6 Å². The Morgan fingerprint density at radius 1 is 1.15 bits per heavy atom. The Balaban J connectivity index is 1.78. The van der Waals surface area contributed by atoms with Crippen molar-refractivity contribution in [2.75, 3.05) is 20.6 Å². The molecular formula is C18H20ClN6O2+. The maximum Gasteiger partial charge on any atom is 0.417 e. The van der Waals surface area contributed by atoms with E-state index in [1.165, 1.54) is 11.9 Å². The van der Waals surface area contributed by atoms with Crippen LogP contribution in [-0.2, 0) is 4.79 Å². The molecule has 140 valence electrons. The fourth-order valence-corrected chi connectivity index (χ4v) is 3.56. The molecule has 3 amide bonds. The third kappa shape index (κ3) is 2.63. The van der Waals surface area contributed by atoms with E-state index in [1.54, 1.807) is 12.1 Å². The molecule has 0 bridgehead atoms. The van der Waals surface area contributed by atoms with Gasteiger partial charge in [0.1, 0.15) is 12.3 Å². The number of rotatable bonds is 2. The third-order valence-corrected chi connectivity index (χ3v) is 5.18. The highest BCUT2D eigenvalue weighted by atomic mass is 35.5. The summed E-state index contributed by atoms with van der Waals surface area (Å²) in [6.07, 6.45) is 0. The number of amidine groups is 1. The average Bonchev–Trinajstić information content (AvgIpc) is 3.04. The van der Waals surface area contributed by atoms with Gasteiger partial charge in [-0.05, 0) is 26.0 Å². The van der Waals surface area contributed by atoms with Gasteiger partial charge in [0.05, 0.1) is 6.04 Å². The fraction of sp³-hybridized carbons (Fsp3) is 0.389. The lowest BCUT2D eigenvalue weighted by Gasteiger charge is -2.32. The molecule has 0 aromatic heterocycles. The van der Waals surface area contributed by atoms with Crippen molar-refractivity contribution in [3.05, 3.63) is 34.9 Å². The molecule has 1 unspecified atom stereocenters. The summed E-state index contributed by atoms with van der Waals surface area (Å²) < 4.78 is 1.91. The van der Waals surface area contributed by atoms with Crippen LogP contribution in [0.3, 0.4) is 0 Å². The van der Waals surface area contributed by atoms with Crippen LogP contribution in [0, 0.1) is 0 Å². The molecule has 1 aromatic rings. The minimum absolute atomic E-state index is 0.0310. The van der Waals surface area contributed by atoms with Gasteiger partial charge >= 0.3 is 12.0 Å². The van der Waals surface area contributed by atoms with Crippen molar-refractivity contribution in [2.45, 2.75) is 25.9 Å². The molecule has 1 atom stereocenters. The molecule has 0 N–H and O–H groups in total. The smallest absolute Gasteiger partial charge is 0.270 e. The molecular weight excluding hydrogens is 368 g/mol. The number of urea groups is 1. The molecule has 1 saturated heterocycles. The predicted molar refractivity (Wildman–Crippen MR) is 102 cm³/mol. The van der Waals surface area contributed by atoms with Crippen LogP contribution in [-0.4, -0.2) is 81.6 Å². The molecule has 3 aliphatic rings. The Morgan fingerprint density at radius 3 is 2.44 bits per heavy atom. The zero-order valence-electron chi connectivity index (χ0n) is 15.5. The van der Waals surface area contributed by atoms with Crippen molar-refractivity contribution < 1.29 is 14.2 Å². The summed E-state index contributed by atoms with van der Waals surface area (Å²) in [7, 11) is 3.13. The van der Waals surface area contributed by atoms with E-state index in [-0.39, 0.29) is 18.0 Å². The molecule has 0 aliphatic carbocycles. The SMILES string of the molecule is CC(C)N1N=C(c2ccc(Cl)cc2)C[N+]2=C1N=C1C2C(=O)N(C)C(=O)N1C. The van der Waals surface area contributed by atoms with Gasteiger partial charge in [0, 0.05) is 24.7 Å². The number of amides is 3. The first-order valence-corrected chi connectivity index (χ1v) is 9.07. The van der Waals surface area contributed by atoms with Crippen molar-refractivity contribution in [2.24, 2.45) is 10.1 Å². The normalized spacial score (nSPS) is 22.3. The summed E-state index contributed by atoms with van der Waals surface area (Å²) in [5, 5.41) is 7.21. The van der Waals surface area contributed by atoms with Gasteiger partial charge < -0.3 is 0 Å². The van der Waals surface area contributed by atoms with Crippen molar-refractivity contribution in [3.63, 3.8) is 0 Å². The van der Waals surface area contributed by atoms with E-state index in [4.69, 9.17) is 16.7 Å². The Hall–Kier alpha value is -2.74. The molecule has 3 heterocycles. The number of benzene rings is 1. The van der Waals surface area contributed by atoms with Crippen LogP contribution in [0.4, 0.5) is 4.79 Å². The summed E-state index contributed by atoms with van der Waals surface area (Å²) in [6.45, 7) is 4.42. The number of halogens is 1. The number of carbonyl (C=O) groups excluding carboxylic acids is 2. The molecule has 0 spiro atoms. The first-order valence-electron chi connectivity index (χ1n) is 8.69. The van der Waals surface area contributed by atoms with E-state index in [2.05, 4.69) is 4.99 Å². The first kappa shape index (κ1) is 17.7. The van der Waals surface area contributed by atoms with E-state index < -0.39 is 6.04 Å². The highest BCUT2D eigenvalue weighted by Gasteiger charge is 2.54. The number of imide groups is 1. The molecule has 1 fully saturated rings. The number of aliphatic imine (C=N–C) groups is 1. The quantitative estimate of drug-likeness (QED) is 0.721. The maximum atomic E-state index is 12.8. The van der Waals surface area contributed by atoms with E-state index in [0.29, 0.717) is 23.4 Å². The standard InChI is InChI=1S/C18H20ClN6O2/c1-10(2)25-17-20-15-14(16(26)23(4)18(27)22(15)3)24(17)9-13(21-25)11-5-7-12(19)8-6-11/h5-8,10,14H,9H2,1-4H3/q+1. The first-order chi connectivity index (χ1) is 12.8. The second-order valence-corrected chi connectivity index (χ2v) is 7.47. The van der Waals surface area contributed by atoms with Gasteiger partial charge in [0.25, 0.3) is 5.91 Å². The van der Waals surface area contributed by atoms with E-state index >= 15 is 0 Å². The van der Waals surface area contributed by atoms with Crippen LogP contribution in [0.5, 0.6) is 0 Å². The lowest BCUT2D eigenvalue weighted by atomic mass is 10.1. The zero-order valence-corrected chi connectivity index (χ0v) is 16.3. The summed E-state index contributed by atoms with van der Waals surface area (Å²) in [6, 6.07) is 6.47. The van der Waals surface area contributed by atoms with Crippen molar-refractivity contribution in [1.29, 1.82) is 0 Å². The minimum Gasteiger partial charge on any atom is -0.270 e. The monoisotopic (exact) mass is 387 g/mol. The molecule has 3 aliphatic heterocycles. The molecule has 8 nitrogen and oxygen atoms in total. The molecule has 0 radical (unpaired) electrons. The number of carbonyl (C=O) groups is 2. The number of nitrogens with zero attached hydrogens (tertiary/aromatic N) is 6. The van der Waals surface area contributed by atoms with Crippen LogP contribution >= 0.6 is 11.6 Å². The molecule has 4 rings (SSSR count). The van der Waals surface area contributed by atoms with E-state index in [1.807, 2.05) is 42.7 Å². The van der Waals surface area contributed by atoms with E-state index in [9.17, 15) is 9.59 Å². The van der Waals surface area contributed by atoms with Crippen LogP contribution in [0.1, 0.15) is 19.4 Å². The Labute approximate surface area is 162 Å². The van der Waals surface area contributed by atoms with Gasteiger partial charge in [-0.15, -0.1) is 10.1 Å². The third-order valence-electron chi connectivity index (χ3n) is 4.93. The van der Waals surface area contributed by atoms with Crippen molar-refractivity contribution in [1.82, 2.24) is 14.8 Å². The lowest BCUT2D eigenvalue weighted by molar-refractivity contribution is -0.527. The van der Waals surface area contributed by atoms with E-state index in [0.717, 1.165) is 16.2 Å². The highest BCUT2D eigenvalue weighted by molar-refractivity contribution is 6.30.